The topological polar surface area (TPSA) is 64.5 Å². The lowest BCUT2D eigenvalue weighted by Crippen LogP contribution is -1.98. The van der Waals surface area contributed by atoms with Crippen molar-refractivity contribution in [2.24, 2.45) is 0 Å². The third-order valence-corrected chi connectivity index (χ3v) is 9.38. The van der Waals surface area contributed by atoms with E-state index in [4.69, 9.17) is 19.9 Å². The highest BCUT2D eigenvalue weighted by atomic mass is 14.9. The van der Waals surface area contributed by atoms with Crippen LogP contribution >= 0.6 is 0 Å². The molecule has 54 heavy (non-hydrogen) atoms. The van der Waals surface area contributed by atoms with Gasteiger partial charge in [-0.1, -0.05) is 127 Å². The molecule has 5 nitrogen and oxygen atoms in total. The summed E-state index contributed by atoms with van der Waals surface area (Å²) >= 11 is 0. The molecule has 4 aromatic heterocycles. The number of hydrogen-bond acceptors (Lipinski definition) is 5. The minimum absolute atomic E-state index is 0.648. The van der Waals surface area contributed by atoms with E-state index in [1.165, 1.54) is 0 Å². The predicted octanol–water partition coefficient (Wildman–Crippen LogP) is 12.0. The number of hydrogen-bond donors (Lipinski definition) is 0. The molecule has 0 aliphatic rings. The third kappa shape index (κ3) is 6.94. The Morgan fingerprint density at radius 1 is 0.222 bits per heavy atom. The van der Waals surface area contributed by atoms with Crippen molar-refractivity contribution in [2.75, 3.05) is 0 Å². The molecule has 5 heteroatoms. The molecule has 0 N–H and O–H groups in total. The number of nitrogens with zero attached hydrogens (tertiary/aromatic N) is 5. The van der Waals surface area contributed by atoms with E-state index in [0.29, 0.717) is 5.82 Å². The molecule has 0 aliphatic heterocycles. The van der Waals surface area contributed by atoms with Gasteiger partial charge in [-0.3, -0.25) is 9.97 Å². The van der Waals surface area contributed by atoms with Gasteiger partial charge in [-0.15, -0.1) is 0 Å². The Morgan fingerprint density at radius 2 is 0.667 bits per heavy atom. The zero-order valence-corrected chi connectivity index (χ0v) is 29.3. The summed E-state index contributed by atoms with van der Waals surface area (Å²) in [6, 6.07) is 64.3. The van der Waals surface area contributed by atoms with E-state index in [9.17, 15) is 0 Å². The summed E-state index contributed by atoms with van der Waals surface area (Å²) in [6.45, 7) is 0. The highest BCUT2D eigenvalue weighted by Gasteiger charge is 2.16. The first-order chi connectivity index (χ1) is 26.7. The molecule has 9 rings (SSSR count). The Balaban J connectivity index is 1.20. The van der Waals surface area contributed by atoms with Gasteiger partial charge in [0.05, 0.1) is 34.2 Å². The lowest BCUT2D eigenvalue weighted by Gasteiger charge is -2.14. The summed E-state index contributed by atoms with van der Waals surface area (Å²) in [6.07, 6.45) is 3.62. The average molecular weight is 692 g/mol. The molecule has 0 radical (unpaired) electrons. The van der Waals surface area contributed by atoms with Gasteiger partial charge in [-0.25, -0.2) is 15.0 Å². The van der Waals surface area contributed by atoms with Gasteiger partial charge in [0.2, 0.25) is 0 Å². The van der Waals surface area contributed by atoms with Crippen LogP contribution in [0.25, 0.3) is 90.1 Å². The van der Waals surface area contributed by atoms with Crippen LogP contribution in [0.3, 0.4) is 0 Å². The fraction of sp³-hybridized carbons (Fsp3) is 0. The van der Waals surface area contributed by atoms with Crippen molar-refractivity contribution in [3.05, 3.63) is 200 Å². The first-order valence-electron chi connectivity index (χ1n) is 17.9. The fourth-order valence-electron chi connectivity index (χ4n) is 6.66. The monoisotopic (exact) mass is 691 g/mol. The molecule has 0 aliphatic carbocycles. The van der Waals surface area contributed by atoms with Crippen LogP contribution in [0.1, 0.15) is 0 Å². The second-order valence-corrected chi connectivity index (χ2v) is 13.0. The van der Waals surface area contributed by atoms with Crippen LogP contribution in [0.2, 0.25) is 0 Å². The van der Waals surface area contributed by atoms with Crippen LogP contribution in [0.15, 0.2) is 200 Å². The zero-order valence-electron chi connectivity index (χ0n) is 29.3. The standard InChI is InChI=1S/C49H33N5/c1-5-15-34(16-6-1)39-27-40(35-17-7-2-8-18-35)29-42(28-39)45-33-44(53-49(54-45)37-21-11-4-12-22-37)38-24-26-51-46(30-38)48-32-41(36-19-9-3-10-20-36)31-47(52-48)43-23-13-14-25-50-43/h1-33H. The Labute approximate surface area is 314 Å². The maximum absolute atomic E-state index is 5.19. The molecule has 0 saturated heterocycles. The summed E-state index contributed by atoms with van der Waals surface area (Å²) in [7, 11) is 0. The van der Waals surface area contributed by atoms with Gasteiger partial charge in [-0.05, 0) is 94.0 Å². The van der Waals surface area contributed by atoms with Gasteiger partial charge >= 0.3 is 0 Å². The van der Waals surface area contributed by atoms with Gasteiger partial charge in [-0.2, -0.15) is 0 Å². The summed E-state index contributed by atoms with van der Waals surface area (Å²) < 4.78 is 0. The van der Waals surface area contributed by atoms with Crippen LogP contribution < -0.4 is 0 Å². The quantitative estimate of drug-likeness (QED) is 0.159. The van der Waals surface area contributed by atoms with Crippen LogP contribution in [0.5, 0.6) is 0 Å². The maximum Gasteiger partial charge on any atom is 0.160 e. The van der Waals surface area contributed by atoms with E-state index in [2.05, 4.69) is 120 Å². The average Bonchev–Trinajstić information content (AvgIpc) is 3.27. The summed E-state index contributed by atoms with van der Waals surface area (Å²) in [5.74, 6) is 0.648. The van der Waals surface area contributed by atoms with Crippen molar-refractivity contribution in [1.82, 2.24) is 24.9 Å². The Kier molecular flexibility index (Phi) is 8.86. The molecule has 0 amide bonds. The van der Waals surface area contributed by atoms with Crippen molar-refractivity contribution < 1.29 is 0 Å². The second-order valence-electron chi connectivity index (χ2n) is 13.0. The van der Waals surface area contributed by atoms with Crippen LogP contribution in [-0.4, -0.2) is 24.9 Å². The van der Waals surface area contributed by atoms with Gasteiger partial charge < -0.3 is 0 Å². The van der Waals surface area contributed by atoms with E-state index < -0.39 is 0 Å². The minimum Gasteiger partial charge on any atom is -0.255 e. The Morgan fingerprint density at radius 3 is 1.22 bits per heavy atom. The molecule has 0 saturated carbocycles. The predicted molar refractivity (Wildman–Crippen MR) is 219 cm³/mol. The number of aromatic nitrogens is 5. The van der Waals surface area contributed by atoms with Crippen molar-refractivity contribution in [3.8, 4) is 90.1 Å². The SMILES string of the molecule is c1ccc(-c2cc(-c3ccccc3)cc(-c3cc(-c4ccnc(-c5cc(-c6ccccc6)cc(-c6ccccn6)n5)c4)nc(-c4ccccc4)n3)c2)cc1. The number of rotatable bonds is 8. The van der Waals surface area contributed by atoms with Crippen molar-refractivity contribution in [3.63, 3.8) is 0 Å². The molecule has 4 heterocycles. The second kappa shape index (κ2) is 14.7. The lowest BCUT2D eigenvalue weighted by molar-refractivity contribution is 1.18. The van der Waals surface area contributed by atoms with Crippen LogP contribution in [0, 0.1) is 0 Å². The lowest BCUT2D eigenvalue weighted by atomic mass is 9.94. The molecule has 0 unspecified atom stereocenters. The zero-order chi connectivity index (χ0) is 36.1. The van der Waals surface area contributed by atoms with E-state index >= 15 is 0 Å². The summed E-state index contributed by atoms with van der Waals surface area (Å²) in [5, 5.41) is 0. The van der Waals surface area contributed by atoms with E-state index in [1.54, 1.807) is 6.20 Å². The molecule has 9 aromatic rings. The van der Waals surface area contributed by atoms with Crippen molar-refractivity contribution >= 4 is 0 Å². The first-order valence-corrected chi connectivity index (χ1v) is 17.9. The van der Waals surface area contributed by atoms with Crippen LogP contribution in [0.4, 0.5) is 0 Å². The Hall–Kier alpha value is -7.37. The molecule has 0 bridgehead atoms. The molecule has 5 aromatic carbocycles. The molecule has 0 spiro atoms. The highest BCUT2D eigenvalue weighted by molar-refractivity contribution is 5.83. The fourth-order valence-corrected chi connectivity index (χ4v) is 6.66. The van der Waals surface area contributed by atoms with E-state index in [-0.39, 0.29) is 0 Å². The Bertz CT molecular complexity index is 2570. The van der Waals surface area contributed by atoms with E-state index in [1.807, 2.05) is 79.0 Å². The smallest absolute Gasteiger partial charge is 0.160 e. The van der Waals surface area contributed by atoms with Gasteiger partial charge in [0.1, 0.15) is 0 Å². The third-order valence-electron chi connectivity index (χ3n) is 9.38. The summed E-state index contributed by atoms with van der Waals surface area (Å²) in [5.41, 5.74) is 14.2. The number of benzene rings is 5. The van der Waals surface area contributed by atoms with Gasteiger partial charge in [0, 0.05) is 29.1 Å². The first kappa shape index (κ1) is 32.5. The number of pyridine rings is 3. The van der Waals surface area contributed by atoms with Crippen molar-refractivity contribution in [2.45, 2.75) is 0 Å². The highest BCUT2D eigenvalue weighted by Crippen LogP contribution is 2.36. The van der Waals surface area contributed by atoms with Gasteiger partial charge in [0.15, 0.2) is 5.82 Å². The van der Waals surface area contributed by atoms with Crippen LogP contribution in [-0.2, 0) is 0 Å². The molecular formula is C49H33N5. The minimum atomic E-state index is 0.648. The molecule has 0 fully saturated rings. The maximum atomic E-state index is 5.19. The molecule has 254 valence electrons. The normalized spacial score (nSPS) is 11.0. The van der Waals surface area contributed by atoms with Crippen molar-refractivity contribution in [1.29, 1.82) is 0 Å². The molecule has 0 atom stereocenters. The largest absolute Gasteiger partial charge is 0.255 e. The molecular weight excluding hydrogens is 659 g/mol. The van der Waals surface area contributed by atoms with E-state index in [0.717, 1.165) is 84.2 Å². The van der Waals surface area contributed by atoms with Gasteiger partial charge in [0.25, 0.3) is 0 Å². The summed E-state index contributed by atoms with van der Waals surface area (Å²) in [4.78, 5) is 24.9.